The van der Waals surface area contributed by atoms with Crippen molar-refractivity contribution in [1.82, 2.24) is 4.90 Å². The van der Waals surface area contributed by atoms with Gasteiger partial charge in [-0.2, -0.15) is 4.39 Å². The molecule has 0 radical (unpaired) electrons. The molecule has 1 aliphatic rings. The zero-order valence-electron chi connectivity index (χ0n) is 12.0. The van der Waals surface area contributed by atoms with Crippen LogP contribution < -0.4 is 5.32 Å². The lowest BCUT2D eigenvalue weighted by atomic mass is 10.1. The van der Waals surface area contributed by atoms with Crippen molar-refractivity contribution in [2.75, 3.05) is 11.9 Å². The summed E-state index contributed by atoms with van der Waals surface area (Å²) in [4.78, 5) is 35.2. The lowest BCUT2D eigenvalue weighted by Crippen LogP contribution is -2.44. The van der Waals surface area contributed by atoms with Gasteiger partial charge >= 0.3 is 5.69 Å². The second-order valence-corrected chi connectivity index (χ2v) is 5.03. The Morgan fingerprint density at radius 2 is 2.27 bits per heavy atom. The monoisotopic (exact) mass is 309 g/mol. The van der Waals surface area contributed by atoms with Crippen LogP contribution in [0.1, 0.15) is 26.2 Å². The molecule has 0 spiro atoms. The van der Waals surface area contributed by atoms with Crippen molar-refractivity contribution >= 4 is 23.2 Å². The summed E-state index contributed by atoms with van der Waals surface area (Å²) in [5, 5.41) is 13.1. The molecule has 1 saturated heterocycles. The fourth-order valence-corrected chi connectivity index (χ4v) is 2.50. The molecular formula is C14H16FN3O4. The van der Waals surface area contributed by atoms with E-state index in [4.69, 9.17) is 0 Å². The lowest BCUT2D eigenvalue weighted by molar-refractivity contribution is -0.387. The fraction of sp³-hybridized carbons (Fsp3) is 0.429. The summed E-state index contributed by atoms with van der Waals surface area (Å²) in [6.07, 6.45) is 1.58. The second kappa shape index (κ2) is 6.50. The van der Waals surface area contributed by atoms with E-state index in [0.29, 0.717) is 19.4 Å². The van der Waals surface area contributed by atoms with Crippen LogP contribution in [0.15, 0.2) is 18.2 Å². The molecule has 1 aliphatic heterocycles. The minimum Gasteiger partial charge on any atom is -0.331 e. The van der Waals surface area contributed by atoms with Crippen LogP contribution in [-0.4, -0.2) is 34.2 Å². The lowest BCUT2D eigenvalue weighted by Gasteiger charge is -2.25. The summed E-state index contributed by atoms with van der Waals surface area (Å²) >= 11 is 0. The molecule has 0 saturated carbocycles. The molecule has 1 fully saturated rings. The summed E-state index contributed by atoms with van der Waals surface area (Å²) in [7, 11) is 0. The molecule has 1 atom stereocenters. The summed E-state index contributed by atoms with van der Waals surface area (Å²) in [6, 6.07) is 2.53. The maximum absolute atomic E-state index is 13.5. The van der Waals surface area contributed by atoms with Gasteiger partial charge in [-0.15, -0.1) is 0 Å². The Morgan fingerprint density at radius 3 is 2.77 bits per heavy atom. The number of hydrogen-bond acceptors (Lipinski definition) is 4. The average molecular weight is 309 g/mol. The number of nitro groups is 1. The number of benzene rings is 1. The van der Waals surface area contributed by atoms with Crippen molar-refractivity contribution in [2.24, 2.45) is 0 Å². The van der Waals surface area contributed by atoms with Crippen LogP contribution in [0.3, 0.4) is 0 Å². The highest BCUT2D eigenvalue weighted by Crippen LogP contribution is 2.22. The highest BCUT2D eigenvalue weighted by molar-refractivity contribution is 5.97. The number of hydrogen-bond donors (Lipinski definition) is 1. The molecule has 7 nitrogen and oxygen atoms in total. The number of carbonyl (C=O) groups is 2. The molecule has 0 aromatic heterocycles. The Morgan fingerprint density at radius 1 is 1.55 bits per heavy atom. The van der Waals surface area contributed by atoms with Gasteiger partial charge in [0.25, 0.3) is 0 Å². The molecule has 118 valence electrons. The van der Waals surface area contributed by atoms with Gasteiger partial charge < -0.3 is 10.2 Å². The fourth-order valence-electron chi connectivity index (χ4n) is 2.50. The number of anilines is 1. The van der Waals surface area contributed by atoms with E-state index in [-0.39, 0.29) is 11.6 Å². The summed E-state index contributed by atoms with van der Waals surface area (Å²) < 4.78 is 13.5. The number of likely N-dealkylation sites (tertiary alicyclic amines) is 1. The molecule has 1 aromatic rings. The first-order valence-corrected chi connectivity index (χ1v) is 6.98. The predicted molar refractivity (Wildman–Crippen MR) is 76.7 cm³/mol. The van der Waals surface area contributed by atoms with E-state index in [2.05, 4.69) is 5.32 Å². The van der Waals surface area contributed by atoms with Crippen molar-refractivity contribution in [1.29, 1.82) is 0 Å². The van der Waals surface area contributed by atoms with E-state index in [0.717, 1.165) is 18.6 Å². The van der Waals surface area contributed by atoms with E-state index in [1.165, 1.54) is 11.0 Å². The molecule has 2 rings (SSSR count). The normalized spacial score (nSPS) is 15.7. The molecular weight excluding hydrogens is 293 g/mol. The molecule has 8 heteroatoms. The first-order chi connectivity index (χ1) is 10.4. The predicted octanol–water partition coefficient (Wildman–Crippen LogP) is 2.07. The van der Waals surface area contributed by atoms with E-state index in [1.54, 1.807) is 6.92 Å². The van der Waals surface area contributed by atoms with Gasteiger partial charge in [-0.1, -0.05) is 6.92 Å². The Kier molecular flexibility index (Phi) is 4.69. The zero-order valence-corrected chi connectivity index (χ0v) is 12.0. The van der Waals surface area contributed by atoms with Gasteiger partial charge in [-0.3, -0.25) is 19.7 Å². The largest absolute Gasteiger partial charge is 0.331 e. The number of halogens is 1. The van der Waals surface area contributed by atoms with E-state index < -0.39 is 28.4 Å². The quantitative estimate of drug-likeness (QED) is 0.665. The Hall–Kier alpha value is -2.51. The van der Waals surface area contributed by atoms with Crippen LogP contribution in [-0.2, 0) is 9.59 Å². The first kappa shape index (κ1) is 15.9. The smallest absolute Gasteiger partial charge is 0.304 e. The summed E-state index contributed by atoms with van der Waals surface area (Å²) in [5.41, 5.74) is -0.530. The third kappa shape index (κ3) is 3.21. The Balaban J connectivity index is 2.12. The van der Waals surface area contributed by atoms with E-state index in [1.807, 2.05) is 0 Å². The summed E-state index contributed by atoms with van der Waals surface area (Å²) in [5.74, 6) is -1.52. The molecule has 1 heterocycles. The van der Waals surface area contributed by atoms with Gasteiger partial charge in [0.1, 0.15) is 6.04 Å². The number of nitro benzene ring substituents is 1. The minimum atomic E-state index is -1.02. The van der Waals surface area contributed by atoms with Crippen molar-refractivity contribution in [3.8, 4) is 0 Å². The van der Waals surface area contributed by atoms with Crippen LogP contribution in [0.4, 0.5) is 15.8 Å². The van der Waals surface area contributed by atoms with Crippen LogP contribution in [0.5, 0.6) is 0 Å². The number of nitrogens with zero attached hydrogens (tertiary/aromatic N) is 2. The average Bonchev–Trinajstić information content (AvgIpc) is 2.85. The summed E-state index contributed by atoms with van der Waals surface area (Å²) in [6.45, 7) is 2.31. The maximum Gasteiger partial charge on any atom is 0.304 e. The number of amides is 2. The Labute approximate surface area is 126 Å². The molecule has 1 aromatic carbocycles. The molecule has 2 amide bonds. The van der Waals surface area contributed by atoms with Gasteiger partial charge in [0.2, 0.25) is 17.6 Å². The molecule has 0 aliphatic carbocycles. The maximum atomic E-state index is 13.5. The van der Waals surface area contributed by atoms with Crippen molar-refractivity contribution in [2.45, 2.75) is 32.2 Å². The molecule has 0 unspecified atom stereocenters. The van der Waals surface area contributed by atoms with Gasteiger partial charge in [-0.25, -0.2) is 0 Å². The topological polar surface area (TPSA) is 92.5 Å². The van der Waals surface area contributed by atoms with Crippen molar-refractivity contribution in [3.63, 3.8) is 0 Å². The van der Waals surface area contributed by atoms with Gasteiger partial charge in [0.15, 0.2) is 0 Å². The van der Waals surface area contributed by atoms with E-state index in [9.17, 15) is 24.1 Å². The van der Waals surface area contributed by atoms with Gasteiger partial charge in [-0.05, 0) is 18.9 Å². The number of rotatable bonds is 5. The SMILES string of the molecule is CC[C@H](C(=O)Nc1ccc([N+](=O)[O-])c(F)c1)N1CCCC1=O. The number of carbonyl (C=O) groups excluding carboxylic acids is 2. The highest BCUT2D eigenvalue weighted by atomic mass is 19.1. The van der Waals surface area contributed by atoms with Gasteiger partial charge in [0.05, 0.1) is 4.92 Å². The van der Waals surface area contributed by atoms with Crippen molar-refractivity contribution < 1.29 is 18.9 Å². The van der Waals surface area contributed by atoms with E-state index >= 15 is 0 Å². The van der Waals surface area contributed by atoms with Crippen molar-refractivity contribution in [3.05, 3.63) is 34.1 Å². The highest BCUT2D eigenvalue weighted by Gasteiger charge is 2.31. The standard InChI is InChI=1S/C14H16FN3O4/c1-2-11(17-7-3-4-13(17)19)14(20)16-9-5-6-12(18(21)22)10(15)8-9/h5-6,8,11H,2-4,7H2,1H3,(H,16,20)/t11-/m1/s1. The third-order valence-corrected chi connectivity index (χ3v) is 3.59. The molecule has 22 heavy (non-hydrogen) atoms. The van der Waals surface area contributed by atoms with Gasteiger partial charge in [0, 0.05) is 30.8 Å². The Bertz CT molecular complexity index is 620. The van der Waals surface area contributed by atoms with Crippen LogP contribution in [0, 0.1) is 15.9 Å². The van der Waals surface area contributed by atoms with Crippen LogP contribution in [0.25, 0.3) is 0 Å². The third-order valence-electron chi connectivity index (χ3n) is 3.59. The van der Waals surface area contributed by atoms with Crippen LogP contribution >= 0.6 is 0 Å². The number of nitrogens with one attached hydrogen (secondary N) is 1. The molecule has 1 N–H and O–H groups in total. The minimum absolute atomic E-state index is 0.0723. The second-order valence-electron chi connectivity index (χ2n) is 5.03. The molecule has 0 bridgehead atoms. The zero-order chi connectivity index (χ0) is 16.3. The van der Waals surface area contributed by atoms with Crippen LogP contribution in [0.2, 0.25) is 0 Å². The first-order valence-electron chi connectivity index (χ1n) is 6.98.